The summed E-state index contributed by atoms with van der Waals surface area (Å²) in [6.45, 7) is 5.78. The summed E-state index contributed by atoms with van der Waals surface area (Å²) in [5.41, 5.74) is 1.15. The summed E-state index contributed by atoms with van der Waals surface area (Å²) in [7, 11) is 1.93. The second-order valence-corrected chi connectivity index (χ2v) is 3.11. The lowest BCUT2D eigenvalue weighted by atomic mass is 9.95. The van der Waals surface area contributed by atoms with Crippen LogP contribution in [0, 0.1) is 5.92 Å². The van der Waals surface area contributed by atoms with Gasteiger partial charge in [0.15, 0.2) is 0 Å². The Morgan fingerprint density at radius 2 is 2.18 bits per heavy atom. The van der Waals surface area contributed by atoms with E-state index in [4.69, 9.17) is 4.74 Å². The Labute approximate surface area is 68.6 Å². The average Bonchev–Trinajstić information content (AvgIpc) is 2.06. The van der Waals surface area contributed by atoms with Crippen molar-refractivity contribution in [3.63, 3.8) is 0 Å². The molecule has 1 aliphatic rings. The van der Waals surface area contributed by atoms with Gasteiger partial charge in [0.05, 0.1) is 0 Å². The Morgan fingerprint density at radius 3 is 2.73 bits per heavy atom. The van der Waals surface area contributed by atoms with Crippen molar-refractivity contribution in [3.05, 3.63) is 12.3 Å². The molecule has 2 heteroatoms. The minimum absolute atomic E-state index is 0.795. The smallest absolute Gasteiger partial charge is 0.0468 e. The molecule has 1 heterocycles. The van der Waals surface area contributed by atoms with Crippen LogP contribution >= 0.6 is 0 Å². The lowest BCUT2D eigenvalue weighted by Gasteiger charge is -2.22. The molecular weight excluding hydrogens is 138 g/mol. The van der Waals surface area contributed by atoms with Crippen LogP contribution in [0.3, 0.4) is 0 Å². The molecule has 0 aromatic rings. The van der Waals surface area contributed by atoms with Crippen molar-refractivity contribution in [3.8, 4) is 0 Å². The normalized spacial score (nSPS) is 19.7. The SMILES string of the molecule is C=C(CC1CCOCC1)NC. The van der Waals surface area contributed by atoms with Gasteiger partial charge in [0.25, 0.3) is 0 Å². The predicted octanol–water partition coefficient (Wildman–Crippen LogP) is 1.54. The first-order chi connectivity index (χ1) is 5.33. The van der Waals surface area contributed by atoms with E-state index < -0.39 is 0 Å². The number of hydrogen-bond acceptors (Lipinski definition) is 2. The van der Waals surface area contributed by atoms with Gasteiger partial charge in [-0.05, 0) is 25.2 Å². The minimum atomic E-state index is 0.795. The standard InChI is InChI=1S/C9H17NO/c1-8(10-2)7-9-3-5-11-6-4-9/h9-10H,1,3-7H2,2H3. The third-order valence-electron chi connectivity index (χ3n) is 2.23. The molecule has 0 unspecified atom stereocenters. The highest BCUT2D eigenvalue weighted by Gasteiger charge is 2.13. The Balaban J connectivity index is 2.19. The summed E-state index contributed by atoms with van der Waals surface area (Å²) in [5.74, 6) is 0.795. The van der Waals surface area contributed by atoms with Crippen LogP contribution in [0.5, 0.6) is 0 Å². The van der Waals surface area contributed by atoms with E-state index in [1.165, 1.54) is 12.8 Å². The summed E-state index contributed by atoms with van der Waals surface area (Å²) < 4.78 is 5.26. The van der Waals surface area contributed by atoms with Gasteiger partial charge in [0.2, 0.25) is 0 Å². The average molecular weight is 155 g/mol. The molecule has 0 bridgehead atoms. The van der Waals surface area contributed by atoms with E-state index in [0.29, 0.717) is 0 Å². The van der Waals surface area contributed by atoms with E-state index in [1.54, 1.807) is 0 Å². The lowest BCUT2D eigenvalue weighted by Crippen LogP contribution is -2.18. The fourth-order valence-electron chi connectivity index (χ4n) is 1.40. The van der Waals surface area contributed by atoms with Crippen LogP contribution in [-0.4, -0.2) is 20.3 Å². The predicted molar refractivity (Wildman–Crippen MR) is 46.4 cm³/mol. The fraction of sp³-hybridized carbons (Fsp3) is 0.778. The Hall–Kier alpha value is -0.500. The van der Waals surface area contributed by atoms with Gasteiger partial charge in [-0.3, -0.25) is 0 Å². The summed E-state index contributed by atoms with van der Waals surface area (Å²) in [6.07, 6.45) is 3.50. The molecule has 0 saturated carbocycles. The topological polar surface area (TPSA) is 21.3 Å². The third kappa shape index (κ3) is 2.93. The molecule has 1 N–H and O–H groups in total. The van der Waals surface area contributed by atoms with E-state index in [1.807, 2.05) is 7.05 Å². The molecule has 2 nitrogen and oxygen atoms in total. The second-order valence-electron chi connectivity index (χ2n) is 3.11. The first-order valence-corrected chi connectivity index (χ1v) is 4.26. The van der Waals surface area contributed by atoms with Crippen molar-refractivity contribution in [2.24, 2.45) is 5.92 Å². The maximum atomic E-state index is 5.26. The van der Waals surface area contributed by atoms with Crippen LogP contribution in [-0.2, 0) is 4.74 Å². The van der Waals surface area contributed by atoms with E-state index in [9.17, 15) is 0 Å². The molecule has 0 spiro atoms. The van der Waals surface area contributed by atoms with E-state index >= 15 is 0 Å². The Morgan fingerprint density at radius 1 is 1.55 bits per heavy atom. The molecule has 0 aromatic heterocycles. The van der Waals surface area contributed by atoms with Crippen molar-refractivity contribution in [1.82, 2.24) is 5.32 Å². The highest BCUT2D eigenvalue weighted by molar-refractivity contribution is 4.91. The molecular formula is C9H17NO. The van der Waals surface area contributed by atoms with Gasteiger partial charge in [-0.25, -0.2) is 0 Å². The zero-order chi connectivity index (χ0) is 8.10. The molecule has 64 valence electrons. The molecule has 1 saturated heterocycles. The van der Waals surface area contributed by atoms with E-state index in [0.717, 1.165) is 31.2 Å². The van der Waals surface area contributed by atoms with Gasteiger partial charge < -0.3 is 10.1 Å². The quantitative estimate of drug-likeness (QED) is 0.667. The number of allylic oxidation sites excluding steroid dienone is 1. The molecule has 0 aliphatic carbocycles. The molecule has 11 heavy (non-hydrogen) atoms. The highest BCUT2D eigenvalue weighted by atomic mass is 16.5. The molecule has 1 aliphatic heterocycles. The summed E-state index contributed by atoms with van der Waals surface area (Å²) in [4.78, 5) is 0. The number of hydrogen-bond donors (Lipinski definition) is 1. The first-order valence-electron chi connectivity index (χ1n) is 4.26. The second kappa shape index (κ2) is 4.39. The van der Waals surface area contributed by atoms with Crippen molar-refractivity contribution < 1.29 is 4.74 Å². The van der Waals surface area contributed by atoms with Gasteiger partial charge in [-0.1, -0.05) is 6.58 Å². The van der Waals surface area contributed by atoms with Crippen LogP contribution in [0.1, 0.15) is 19.3 Å². The van der Waals surface area contributed by atoms with Crippen molar-refractivity contribution in [2.45, 2.75) is 19.3 Å². The zero-order valence-electron chi connectivity index (χ0n) is 7.23. The monoisotopic (exact) mass is 155 g/mol. The van der Waals surface area contributed by atoms with Gasteiger partial charge in [0, 0.05) is 26.0 Å². The van der Waals surface area contributed by atoms with Crippen LogP contribution in [0.4, 0.5) is 0 Å². The van der Waals surface area contributed by atoms with Crippen LogP contribution < -0.4 is 5.32 Å². The van der Waals surface area contributed by atoms with Crippen molar-refractivity contribution in [1.29, 1.82) is 0 Å². The largest absolute Gasteiger partial charge is 0.392 e. The summed E-state index contributed by atoms with van der Waals surface area (Å²) in [6, 6.07) is 0. The summed E-state index contributed by atoms with van der Waals surface area (Å²) in [5, 5.41) is 3.08. The third-order valence-corrected chi connectivity index (χ3v) is 2.23. The van der Waals surface area contributed by atoms with Crippen molar-refractivity contribution >= 4 is 0 Å². The van der Waals surface area contributed by atoms with Gasteiger partial charge in [-0.15, -0.1) is 0 Å². The van der Waals surface area contributed by atoms with Crippen LogP contribution in [0.15, 0.2) is 12.3 Å². The van der Waals surface area contributed by atoms with Gasteiger partial charge in [0.1, 0.15) is 0 Å². The molecule has 1 rings (SSSR count). The maximum Gasteiger partial charge on any atom is 0.0468 e. The van der Waals surface area contributed by atoms with Gasteiger partial charge >= 0.3 is 0 Å². The number of nitrogens with one attached hydrogen (secondary N) is 1. The molecule has 0 amide bonds. The maximum absolute atomic E-state index is 5.26. The van der Waals surface area contributed by atoms with Gasteiger partial charge in [-0.2, -0.15) is 0 Å². The van der Waals surface area contributed by atoms with Crippen LogP contribution in [0.2, 0.25) is 0 Å². The van der Waals surface area contributed by atoms with Crippen LogP contribution in [0.25, 0.3) is 0 Å². The summed E-state index contributed by atoms with van der Waals surface area (Å²) >= 11 is 0. The molecule has 0 aromatic carbocycles. The van der Waals surface area contributed by atoms with E-state index in [-0.39, 0.29) is 0 Å². The fourth-order valence-corrected chi connectivity index (χ4v) is 1.40. The van der Waals surface area contributed by atoms with Crippen molar-refractivity contribution in [2.75, 3.05) is 20.3 Å². The zero-order valence-corrected chi connectivity index (χ0v) is 7.23. The van der Waals surface area contributed by atoms with E-state index in [2.05, 4.69) is 11.9 Å². The Bertz CT molecular complexity index is 128. The Kier molecular flexibility index (Phi) is 3.43. The first kappa shape index (κ1) is 8.60. The number of rotatable bonds is 3. The molecule has 0 atom stereocenters. The molecule has 1 fully saturated rings. The number of ether oxygens (including phenoxy) is 1. The lowest BCUT2D eigenvalue weighted by molar-refractivity contribution is 0.0662. The minimum Gasteiger partial charge on any atom is -0.392 e. The highest BCUT2D eigenvalue weighted by Crippen LogP contribution is 2.20. The molecule has 0 radical (unpaired) electrons.